The molecule has 0 aromatic heterocycles. The largest absolute Gasteiger partial charge is 0.398 e. The van der Waals surface area contributed by atoms with Crippen LogP contribution in [-0.4, -0.2) is 14.0 Å². The van der Waals surface area contributed by atoms with Crippen molar-refractivity contribution in [1.29, 1.82) is 0 Å². The van der Waals surface area contributed by atoms with Crippen LogP contribution in [0.15, 0.2) is 27.6 Å². The second-order valence-electron chi connectivity index (χ2n) is 4.56. The molecule has 0 unspecified atom stereocenters. The van der Waals surface area contributed by atoms with Crippen molar-refractivity contribution in [1.82, 2.24) is 4.72 Å². The zero-order chi connectivity index (χ0) is 14.0. The predicted molar refractivity (Wildman–Crippen MR) is 77.9 cm³/mol. The molecular weight excluding hydrogens is 316 g/mol. The molecule has 4 nitrogen and oxygen atoms in total. The molecule has 0 fully saturated rings. The summed E-state index contributed by atoms with van der Waals surface area (Å²) in [6.45, 7) is 5.80. The van der Waals surface area contributed by atoms with Crippen molar-refractivity contribution in [2.45, 2.75) is 44.0 Å². The number of nitrogens with one attached hydrogen (secondary N) is 1. The average Bonchev–Trinajstić information content (AvgIpc) is 2.31. The Labute approximate surface area is 117 Å². The van der Waals surface area contributed by atoms with E-state index in [4.69, 9.17) is 5.73 Å². The van der Waals surface area contributed by atoms with Crippen LogP contribution in [0.25, 0.3) is 0 Å². The molecule has 1 aromatic rings. The fraction of sp³-hybridized carbons (Fsp3) is 0.500. The second kappa shape index (κ2) is 5.59. The molecule has 0 aliphatic heterocycles. The lowest BCUT2D eigenvalue weighted by molar-refractivity contribution is 0.389. The van der Waals surface area contributed by atoms with Gasteiger partial charge in [0.25, 0.3) is 0 Å². The maximum atomic E-state index is 12.3. The highest BCUT2D eigenvalue weighted by atomic mass is 79.9. The summed E-state index contributed by atoms with van der Waals surface area (Å²) in [5.74, 6) is 0. The van der Waals surface area contributed by atoms with Gasteiger partial charge in [-0.3, -0.25) is 0 Å². The maximum Gasteiger partial charge on any atom is 0.243 e. The lowest BCUT2D eigenvalue weighted by Gasteiger charge is -2.28. The SMILES string of the molecule is CCC(C)(CC)NS(=O)(=O)c1cc(Br)ccc1N. The second-order valence-corrected chi connectivity index (χ2v) is 7.12. The summed E-state index contributed by atoms with van der Waals surface area (Å²) < 4.78 is 28.1. The van der Waals surface area contributed by atoms with E-state index in [1.54, 1.807) is 12.1 Å². The van der Waals surface area contributed by atoms with Gasteiger partial charge in [-0.1, -0.05) is 29.8 Å². The Bertz CT molecular complexity index is 525. The Morgan fingerprint density at radius 2 is 1.89 bits per heavy atom. The first-order valence-corrected chi connectivity index (χ1v) is 8.10. The smallest absolute Gasteiger partial charge is 0.243 e. The monoisotopic (exact) mass is 334 g/mol. The minimum atomic E-state index is -3.60. The van der Waals surface area contributed by atoms with E-state index in [9.17, 15) is 8.42 Å². The van der Waals surface area contributed by atoms with Crippen LogP contribution < -0.4 is 10.5 Å². The predicted octanol–water partition coefficient (Wildman–Crippen LogP) is 2.89. The van der Waals surface area contributed by atoms with Crippen LogP contribution in [0.5, 0.6) is 0 Å². The fourth-order valence-electron chi connectivity index (χ4n) is 1.51. The van der Waals surface area contributed by atoms with Gasteiger partial charge in [0.1, 0.15) is 4.90 Å². The normalized spacial score (nSPS) is 12.7. The van der Waals surface area contributed by atoms with Crippen molar-refractivity contribution in [3.8, 4) is 0 Å². The van der Waals surface area contributed by atoms with Gasteiger partial charge in [-0.25, -0.2) is 13.1 Å². The molecular formula is C12H19BrN2O2S. The van der Waals surface area contributed by atoms with Gasteiger partial charge in [0.05, 0.1) is 5.69 Å². The van der Waals surface area contributed by atoms with Crippen LogP contribution in [0, 0.1) is 0 Å². The summed E-state index contributed by atoms with van der Waals surface area (Å²) in [4.78, 5) is 0.116. The summed E-state index contributed by atoms with van der Waals surface area (Å²) >= 11 is 3.25. The number of sulfonamides is 1. The third-order valence-corrected chi connectivity index (χ3v) is 5.39. The molecule has 0 heterocycles. The van der Waals surface area contributed by atoms with Gasteiger partial charge in [0, 0.05) is 10.0 Å². The Kier molecular flexibility index (Phi) is 4.80. The molecule has 3 N–H and O–H groups in total. The Morgan fingerprint density at radius 3 is 2.39 bits per heavy atom. The van der Waals surface area contributed by atoms with Gasteiger partial charge < -0.3 is 5.73 Å². The standard InChI is InChI=1S/C12H19BrN2O2S/c1-4-12(3,5-2)15-18(16,17)11-8-9(13)6-7-10(11)14/h6-8,15H,4-5,14H2,1-3H3. The summed E-state index contributed by atoms with van der Waals surface area (Å²) in [6.07, 6.45) is 1.44. The molecule has 0 radical (unpaired) electrons. The first-order chi connectivity index (χ1) is 8.24. The van der Waals surface area contributed by atoms with Gasteiger partial charge in [-0.15, -0.1) is 0 Å². The number of nitrogens with two attached hydrogens (primary N) is 1. The van der Waals surface area contributed by atoms with Gasteiger partial charge in [0.2, 0.25) is 10.0 Å². The van der Waals surface area contributed by atoms with Gasteiger partial charge in [-0.05, 0) is 38.0 Å². The van der Waals surface area contributed by atoms with E-state index < -0.39 is 15.6 Å². The highest BCUT2D eigenvalue weighted by molar-refractivity contribution is 9.10. The van der Waals surface area contributed by atoms with E-state index in [2.05, 4.69) is 20.7 Å². The van der Waals surface area contributed by atoms with E-state index in [-0.39, 0.29) is 10.6 Å². The number of hydrogen-bond acceptors (Lipinski definition) is 3. The molecule has 0 saturated carbocycles. The Balaban J connectivity index is 3.18. The first kappa shape index (κ1) is 15.5. The van der Waals surface area contributed by atoms with Crippen LogP contribution in [-0.2, 0) is 10.0 Å². The number of rotatable bonds is 5. The molecule has 0 aliphatic rings. The van der Waals surface area contributed by atoms with E-state index in [1.165, 1.54) is 6.07 Å². The number of hydrogen-bond donors (Lipinski definition) is 2. The molecule has 6 heteroatoms. The highest BCUT2D eigenvalue weighted by Gasteiger charge is 2.28. The molecule has 0 bridgehead atoms. The van der Waals surface area contributed by atoms with E-state index in [0.29, 0.717) is 4.47 Å². The molecule has 0 atom stereocenters. The quantitative estimate of drug-likeness (QED) is 0.813. The fourth-order valence-corrected chi connectivity index (χ4v) is 3.74. The molecule has 0 amide bonds. The van der Waals surface area contributed by atoms with Gasteiger partial charge >= 0.3 is 0 Å². The van der Waals surface area contributed by atoms with Crippen LogP contribution in [0.4, 0.5) is 5.69 Å². The Hall–Kier alpha value is -0.590. The van der Waals surface area contributed by atoms with Crippen molar-refractivity contribution in [3.63, 3.8) is 0 Å². The van der Waals surface area contributed by atoms with Crippen LogP contribution in [0.1, 0.15) is 33.6 Å². The third kappa shape index (κ3) is 3.46. The summed E-state index contributed by atoms with van der Waals surface area (Å²) in [5, 5.41) is 0. The van der Waals surface area contributed by atoms with E-state index in [0.717, 1.165) is 12.8 Å². The minimum Gasteiger partial charge on any atom is -0.398 e. The summed E-state index contributed by atoms with van der Waals surface area (Å²) in [5.41, 5.74) is 5.54. The third-order valence-electron chi connectivity index (χ3n) is 3.21. The van der Waals surface area contributed by atoms with Crippen molar-refractivity contribution < 1.29 is 8.42 Å². The molecule has 1 rings (SSSR count). The minimum absolute atomic E-state index is 0.116. The number of nitrogen functional groups attached to an aromatic ring is 1. The maximum absolute atomic E-state index is 12.3. The zero-order valence-electron chi connectivity index (χ0n) is 10.8. The summed E-state index contributed by atoms with van der Waals surface area (Å²) in [6, 6.07) is 4.81. The zero-order valence-corrected chi connectivity index (χ0v) is 13.2. The first-order valence-electron chi connectivity index (χ1n) is 5.83. The topological polar surface area (TPSA) is 72.2 Å². The lowest BCUT2D eigenvalue weighted by atomic mass is 9.98. The average molecular weight is 335 g/mol. The van der Waals surface area contributed by atoms with Crippen LogP contribution >= 0.6 is 15.9 Å². The summed E-state index contributed by atoms with van der Waals surface area (Å²) in [7, 11) is -3.60. The van der Waals surface area contributed by atoms with Gasteiger partial charge in [0.15, 0.2) is 0 Å². The lowest BCUT2D eigenvalue weighted by Crippen LogP contribution is -2.44. The molecule has 1 aromatic carbocycles. The van der Waals surface area contributed by atoms with E-state index in [1.807, 2.05) is 20.8 Å². The molecule has 18 heavy (non-hydrogen) atoms. The van der Waals surface area contributed by atoms with Gasteiger partial charge in [-0.2, -0.15) is 0 Å². The van der Waals surface area contributed by atoms with Crippen molar-refractivity contribution in [3.05, 3.63) is 22.7 Å². The van der Waals surface area contributed by atoms with Crippen molar-refractivity contribution in [2.24, 2.45) is 0 Å². The van der Waals surface area contributed by atoms with Crippen molar-refractivity contribution >= 4 is 31.6 Å². The molecule has 0 saturated heterocycles. The van der Waals surface area contributed by atoms with E-state index >= 15 is 0 Å². The number of halogens is 1. The molecule has 0 spiro atoms. The Morgan fingerprint density at radius 1 is 1.33 bits per heavy atom. The van der Waals surface area contributed by atoms with Crippen LogP contribution in [0.2, 0.25) is 0 Å². The number of benzene rings is 1. The highest BCUT2D eigenvalue weighted by Crippen LogP contribution is 2.25. The molecule has 102 valence electrons. The van der Waals surface area contributed by atoms with Crippen molar-refractivity contribution in [2.75, 3.05) is 5.73 Å². The molecule has 0 aliphatic carbocycles. The number of anilines is 1. The van der Waals surface area contributed by atoms with Crippen LogP contribution in [0.3, 0.4) is 0 Å².